The molecule has 1 N–H and O–H groups in total. The molecule has 0 heterocycles. The predicted molar refractivity (Wildman–Crippen MR) is 121 cm³/mol. The molecule has 0 aliphatic rings. The summed E-state index contributed by atoms with van der Waals surface area (Å²) in [6.07, 6.45) is 1.98. The molecule has 6 heteroatoms. The van der Waals surface area contributed by atoms with Crippen molar-refractivity contribution in [3.8, 4) is 17.2 Å². The van der Waals surface area contributed by atoms with Crippen LogP contribution in [-0.4, -0.2) is 25.9 Å². The molecule has 30 heavy (non-hydrogen) atoms. The van der Waals surface area contributed by atoms with Crippen LogP contribution in [0.5, 0.6) is 17.2 Å². The summed E-state index contributed by atoms with van der Waals surface area (Å²) in [6, 6.07) is 20.5. The number of carbonyl (C=O) groups excluding carboxylic acids is 1. The number of hydrogen-bond donors (Lipinski definition) is 1. The second-order valence-corrected chi connectivity index (χ2v) is 7.22. The molecule has 3 aromatic carbocycles. The zero-order chi connectivity index (χ0) is 21.3. The zero-order valence-electron chi connectivity index (χ0n) is 17.3. The van der Waals surface area contributed by atoms with E-state index in [-0.39, 0.29) is 12.5 Å². The molecule has 0 spiro atoms. The van der Waals surface area contributed by atoms with Gasteiger partial charge >= 0.3 is 0 Å². The van der Waals surface area contributed by atoms with E-state index in [4.69, 9.17) is 14.2 Å². The number of thioether (sulfide) groups is 1. The fourth-order valence-corrected chi connectivity index (χ4v) is 3.46. The lowest BCUT2D eigenvalue weighted by Crippen LogP contribution is -2.13. The van der Waals surface area contributed by atoms with Crippen LogP contribution >= 0.6 is 11.8 Å². The first-order chi connectivity index (χ1) is 14.6. The van der Waals surface area contributed by atoms with Crippen LogP contribution in [0, 0.1) is 0 Å². The van der Waals surface area contributed by atoms with Crippen molar-refractivity contribution in [2.75, 3.05) is 25.3 Å². The first-order valence-corrected chi connectivity index (χ1v) is 10.8. The molecule has 0 unspecified atom stereocenters. The van der Waals surface area contributed by atoms with Crippen LogP contribution in [-0.2, 0) is 6.61 Å². The maximum Gasteiger partial charge on any atom is 0.255 e. The molecule has 0 aromatic heterocycles. The van der Waals surface area contributed by atoms with Gasteiger partial charge in [-0.3, -0.25) is 4.79 Å². The molecule has 0 radical (unpaired) electrons. The number of anilines is 1. The molecule has 5 nitrogen and oxygen atoms in total. The molecule has 0 aliphatic carbocycles. The molecule has 0 atom stereocenters. The number of nitrogens with one attached hydrogen (secondary N) is 1. The smallest absolute Gasteiger partial charge is 0.255 e. The van der Waals surface area contributed by atoms with Crippen LogP contribution in [0.15, 0.2) is 71.6 Å². The predicted octanol–water partition coefficient (Wildman–Crippen LogP) is 5.65. The third-order valence-corrected chi connectivity index (χ3v) is 5.23. The molecule has 0 aliphatic heterocycles. The number of hydrogen-bond acceptors (Lipinski definition) is 5. The number of rotatable bonds is 9. The lowest BCUT2D eigenvalue weighted by atomic mass is 10.1. The maximum absolute atomic E-state index is 12.8. The van der Waals surface area contributed by atoms with Crippen LogP contribution in [0.3, 0.4) is 0 Å². The Bertz CT molecular complexity index is 989. The van der Waals surface area contributed by atoms with E-state index in [0.717, 1.165) is 21.9 Å². The highest BCUT2D eigenvalue weighted by atomic mass is 32.2. The summed E-state index contributed by atoms with van der Waals surface area (Å²) in [4.78, 5) is 13.8. The average molecular weight is 424 g/mol. The highest BCUT2D eigenvalue weighted by molar-refractivity contribution is 7.98. The summed E-state index contributed by atoms with van der Waals surface area (Å²) in [7, 11) is 1.62. The lowest BCUT2D eigenvalue weighted by molar-refractivity contribution is 0.102. The first kappa shape index (κ1) is 21.6. The first-order valence-electron chi connectivity index (χ1n) is 9.61. The third-order valence-electron chi connectivity index (χ3n) is 4.43. The quantitative estimate of drug-likeness (QED) is 0.451. The molecular weight excluding hydrogens is 398 g/mol. The van der Waals surface area contributed by atoms with E-state index in [9.17, 15) is 4.79 Å². The van der Waals surface area contributed by atoms with Gasteiger partial charge in [-0.2, -0.15) is 0 Å². The largest absolute Gasteiger partial charge is 0.497 e. The zero-order valence-corrected chi connectivity index (χ0v) is 18.1. The molecule has 0 saturated heterocycles. The van der Waals surface area contributed by atoms with Crippen molar-refractivity contribution >= 4 is 23.4 Å². The van der Waals surface area contributed by atoms with Crippen LogP contribution in [0.1, 0.15) is 22.8 Å². The molecule has 156 valence electrons. The Labute approximate surface area is 181 Å². The monoisotopic (exact) mass is 423 g/mol. The minimum atomic E-state index is -0.176. The van der Waals surface area contributed by atoms with Gasteiger partial charge in [0.1, 0.15) is 23.9 Å². The number of benzene rings is 3. The standard InChI is InChI=1S/C24H25NO4S/c1-4-28-22-14-9-17(24(26)25-21-7-5-6-8-23(21)30-3)15-18(22)16-29-20-12-10-19(27-2)11-13-20/h5-15H,4,16H2,1-3H3,(H,25,26). The van der Waals surface area contributed by atoms with Crippen molar-refractivity contribution < 1.29 is 19.0 Å². The van der Waals surface area contributed by atoms with Crippen LogP contribution < -0.4 is 19.5 Å². The lowest BCUT2D eigenvalue weighted by Gasteiger charge is -2.14. The Morgan fingerprint density at radius 1 is 0.967 bits per heavy atom. The Balaban J connectivity index is 1.78. The molecule has 0 fully saturated rings. The van der Waals surface area contributed by atoms with Gasteiger partial charge in [0, 0.05) is 16.0 Å². The highest BCUT2D eigenvalue weighted by Crippen LogP contribution is 2.27. The second kappa shape index (κ2) is 10.6. The van der Waals surface area contributed by atoms with E-state index in [1.807, 2.05) is 73.8 Å². The Morgan fingerprint density at radius 2 is 1.70 bits per heavy atom. The number of methoxy groups -OCH3 is 1. The maximum atomic E-state index is 12.8. The van der Waals surface area contributed by atoms with Crippen LogP contribution in [0.2, 0.25) is 0 Å². The Morgan fingerprint density at radius 3 is 2.40 bits per heavy atom. The minimum Gasteiger partial charge on any atom is -0.497 e. The summed E-state index contributed by atoms with van der Waals surface area (Å²) < 4.78 is 16.8. The van der Waals surface area contributed by atoms with Crippen molar-refractivity contribution in [3.05, 3.63) is 77.9 Å². The van der Waals surface area contributed by atoms with E-state index in [2.05, 4.69) is 5.32 Å². The molecule has 1 amide bonds. The van der Waals surface area contributed by atoms with Gasteiger partial charge < -0.3 is 19.5 Å². The molecular formula is C24H25NO4S. The normalized spacial score (nSPS) is 10.4. The highest BCUT2D eigenvalue weighted by Gasteiger charge is 2.13. The van der Waals surface area contributed by atoms with E-state index in [1.165, 1.54) is 0 Å². The van der Waals surface area contributed by atoms with Gasteiger partial charge in [-0.15, -0.1) is 11.8 Å². The number of carbonyl (C=O) groups is 1. The summed E-state index contributed by atoms with van der Waals surface area (Å²) in [5, 5.41) is 2.99. The minimum absolute atomic E-state index is 0.176. The Hall–Kier alpha value is -3.12. The number of ether oxygens (including phenoxy) is 3. The van der Waals surface area contributed by atoms with Crippen molar-refractivity contribution in [2.45, 2.75) is 18.4 Å². The van der Waals surface area contributed by atoms with Gasteiger partial charge in [0.25, 0.3) is 5.91 Å². The van der Waals surface area contributed by atoms with Crippen molar-refractivity contribution in [1.29, 1.82) is 0 Å². The van der Waals surface area contributed by atoms with Gasteiger partial charge in [-0.05, 0) is 67.8 Å². The number of amides is 1. The summed E-state index contributed by atoms with van der Waals surface area (Å²) in [5.74, 6) is 2.00. The molecule has 0 saturated carbocycles. The van der Waals surface area contributed by atoms with Crippen molar-refractivity contribution in [2.24, 2.45) is 0 Å². The van der Waals surface area contributed by atoms with Gasteiger partial charge in [0.05, 0.1) is 19.4 Å². The number of para-hydroxylation sites is 1. The molecule has 3 aromatic rings. The molecule has 3 rings (SSSR count). The Kier molecular flexibility index (Phi) is 7.63. The van der Waals surface area contributed by atoms with E-state index in [0.29, 0.717) is 23.7 Å². The summed E-state index contributed by atoms with van der Waals surface area (Å²) >= 11 is 1.59. The topological polar surface area (TPSA) is 56.8 Å². The van der Waals surface area contributed by atoms with Gasteiger partial charge in [0.15, 0.2) is 0 Å². The summed E-state index contributed by atoms with van der Waals surface area (Å²) in [5.41, 5.74) is 2.14. The van der Waals surface area contributed by atoms with Crippen LogP contribution in [0.4, 0.5) is 5.69 Å². The van der Waals surface area contributed by atoms with Gasteiger partial charge in [-0.1, -0.05) is 12.1 Å². The van der Waals surface area contributed by atoms with E-state index in [1.54, 1.807) is 24.9 Å². The SMILES string of the molecule is CCOc1ccc(C(=O)Nc2ccccc2SC)cc1COc1ccc(OC)cc1. The van der Waals surface area contributed by atoms with Crippen molar-refractivity contribution in [3.63, 3.8) is 0 Å². The average Bonchev–Trinajstić information content (AvgIpc) is 2.79. The fraction of sp³-hybridized carbons (Fsp3) is 0.208. The fourth-order valence-electron chi connectivity index (χ4n) is 2.91. The van der Waals surface area contributed by atoms with E-state index >= 15 is 0 Å². The third kappa shape index (κ3) is 5.48. The van der Waals surface area contributed by atoms with Crippen LogP contribution in [0.25, 0.3) is 0 Å². The van der Waals surface area contributed by atoms with Gasteiger partial charge in [0.2, 0.25) is 0 Å². The molecule has 0 bridgehead atoms. The van der Waals surface area contributed by atoms with Gasteiger partial charge in [-0.25, -0.2) is 0 Å². The summed E-state index contributed by atoms with van der Waals surface area (Å²) in [6.45, 7) is 2.74. The van der Waals surface area contributed by atoms with Crippen molar-refractivity contribution in [1.82, 2.24) is 0 Å². The second-order valence-electron chi connectivity index (χ2n) is 6.37. The van der Waals surface area contributed by atoms with E-state index < -0.39 is 0 Å².